The first kappa shape index (κ1) is 21.3. The quantitative estimate of drug-likeness (QED) is 0.675. The maximum absolute atomic E-state index is 12.7. The van der Waals surface area contributed by atoms with E-state index < -0.39 is 41.7 Å². The van der Waals surface area contributed by atoms with Gasteiger partial charge in [0, 0.05) is 36.7 Å². The molecule has 0 spiro atoms. The number of esters is 2. The molecule has 0 unspecified atom stereocenters. The number of ether oxygens (including phenoxy) is 3. The van der Waals surface area contributed by atoms with E-state index in [1.165, 1.54) is 20.8 Å². The fraction of sp³-hybridized carbons (Fsp3) is 0.476. The van der Waals surface area contributed by atoms with Gasteiger partial charge < -0.3 is 19.1 Å². The molecular weight excluding hydrogens is 398 g/mol. The maximum atomic E-state index is 12.7. The molecule has 2 aliphatic heterocycles. The summed E-state index contributed by atoms with van der Waals surface area (Å²) < 4.78 is 17.0. The molecule has 1 aromatic carbocycles. The normalized spacial score (nSPS) is 30.6. The maximum Gasteiger partial charge on any atom is 0.303 e. The molecule has 2 aliphatic rings. The lowest BCUT2D eigenvalue weighted by Gasteiger charge is -2.56. The molecule has 29 heavy (non-hydrogen) atoms. The minimum absolute atomic E-state index is 0.0910. The predicted octanol–water partition coefficient (Wildman–Crippen LogP) is 3.10. The first-order valence-electron chi connectivity index (χ1n) is 9.35. The summed E-state index contributed by atoms with van der Waals surface area (Å²) in [6, 6.07) is 7.17. The number of carbonyl (C=O) groups is 3. The fourth-order valence-corrected chi connectivity index (χ4v) is 4.39. The lowest BCUT2D eigenvalue weighted by atomic mass is 9.71. The van der Waals surface area contributed by atoms with E-state index in [1.54, 1.807) is 12.1 Å². The van der Waals surface area contributed by atoms with Gasteiger partial charge in [0.2, 0.25) is 0 Å². The molecule has 8 heteroatoms. The van der Waals surface area contributed by atoms with Crippen LogP contribution in [0.1, 0.15) is 27.7 Å². The van der Waals surface area contributed by atoms with Crippen LogP contribution in [0.3, 0.4) is 0 Å². The molecule has 0 amide bonds. The van der Waals surface area contributed by atoms with E-state index in [4.69, 9.17) is 25.8 Å². The van der Waals surface area contributed by atoms with Crippen LogP contribution in [0.4, 0.5) is 5.69 Å². The fourth-order valence-electron chi connectivity index (χ4n) is 4.27. The highest BCUT2D eigenvalue weighted by molar-refractivity contribution is 6.30. The second-order valence-corrected chi connectivity index (χ2v) is 7.88. The number of ketones is 1. The van der Waals surface area contributed by atoms with E-state index in [9.17, 15) is 14.4 Å². The van der Waals surface area contributed by atoms with Crippen LogP contribution in [0.15, 0.2) is 36.5 Å². The third kappa shape index (κ3) is 4.16. The number of benzene rings is 1. The molecule has 0 aliphatic carbocycles. The molecule has 156 valence electrons. The molecule has 5 atom stereocenters. The number of Topliss-reactive ketones (excluding diaryl/α,β-unsaturated/α-hetero) is 1. The van der Waals surface area contributed by atoms with Gasteiger partial charge in [0.05, 0.1) is 5.92 Å². The summed E-state index contributed by atoms with van der Waals surface area (Å²) in [6.07, 6.45) is 2.19. The van der Waals surface area contributed by atoms with Crippen LogP contribution in [0, 0.1) is 11.8 Å². The molecule has 2 heterocycles. The Morgan fingerprint density at radius 3 is 2.34 bits per heavy atom. The molecule has 0 aromatic heterocycles. The second-order valence-electron chi connectivity index (χ2n) is 7.44. The molecule has 1 saturated heterocycles. The van der Waals surface area contributed by atoms with Crippen molar-refractivity contribution in [2.75, 3.05) is 11.5 Å². The summed E-state index contributed by atoms with van der Waals surface area (Å²) >= 11 is 6.01. The van der Waals surface area contributed by atoms with Gasteiger partial charge in [-0.15, -0.1) is 0 Å². The molecule has 7 nitrogen and oxygen atoms in total. The van der Waals surface area contributed by atoms with Gasteiger partial charge in [-0.2, -0.15) is 0 Å². The molecule has 1 aromatic rings. The first-order chi connectivity index (χ1) is 13.6. The van der Waals surface area contributed by atoms with Gasteiger partial charge in [-0.3, -0.25) is 14.4 Å². The van der Waals surface area contributed by atoms with Gasteiger partial charge >= 0.3 is 11.9 Å². The van der Waals surface area contributed by atoms with Gasteiger partial charge in [-0.05, 0) is 38.1 Å². The standard InChI is InChI=1S/C21H24ClNO6/c1-12(24)19-17-9-10-23(16-7-5-15(22)6-8-16)21(19,4)29-18(11-27-13(2)25)20(17)28-14(3)26/h5-10,17-20H,11H2,1-4H3/t17-,18-,19-,20+,21-/m1/s1. The average molecular weight is 422 g/mol. The summed E-state index contributed by atoms with van der Waals surface area (Å²) in [4.78, 5) is 37.6. The zero-order valence-electron chi connectivity index (χ0n) is 16.8. The summed E-state index contributed by atoms with van der Waals surface area (Å²) in [5.41, 5.74) is -0.282. The van der Waals surface area contributed by atoms with Crippen molar-refractivity contribution in [3.8, 4) is 0 Å². The Labute approximate surface area is 174 Å². The third-order valence-electron chi connectivity index (χ3n) is 5.33. The third-order valence-corrected chi connectivity index (χ3v) is 5.58. The predicted molar refractivity (Wildman–Crippen MR) is 106 cm³/mol. The van der Waals surface area contributed by atoms with Crippen molar-refractivity contribution in [1.82, 2.24) is 0 Å². The number of hydrogen-bond acceptors (Lipinski definition) is 7. The van der Waals surface area contributed by atoms with Gasteiger partial charge in [0.1, 0.15) is 24.6 Å². The highest BCUT2D eigenvalue weighted by atomic mass is 35.5. The summed E-state index contributed by atoms with van der Waals surface area (Å²) in [7, 11) is 0. The van der Waals surface area contributed by atoms with Crippen LogP contribution in [0.5, 0.6) is 0 Å². The first-order valence-corrected chi connectivity index (χ1v) is 9.73. The van der Waals surface area contributed by atoms with E-state index >= 15 is 0 Å². The molecular formula is C21H24ClNO6. The van der Waals surface area contributed by atoms with Gasteiger partial charge in [-0.25, -0.2) is 0 Å². The lowest BCUT2D eigenvalue weighted by molar-refractivity contribution is -0.234. The zero-order chi connectivity index (χ0) is 21.3. The van der Waals surface area contributed by atoms with Crippen LogP contribution >= 0.6 is 11.6 Å². The van der Waals surface area contributed by atoms with Crippen LogP contribution in [0.25, 0.3) is 0 Å². The van der Waals surface area contributed by atoms with Crippen molar-refractivity contribution in [3.05, 3.63) is 41.6 Å². The Balaban J connectivity index is 2.06. The van der Waals surface area contributed by atoms with Gasteiger partial charge in [-0.1, -0.05) is 17.7 Å². The number of fused-ring (bicyclic) bond motifs is 2. The number of anilines is 1. The van der Waals surface area contributed by atoms with Gasteiger partial charge in [0.25, 0.3) is 0 Å². The molecule has 0 radical (unpaired) electrons. The summed E-state index contributed by atoms with van der Waals surface area (Å²) in [6.45, 7) is 5.81. The molecule has 2 bridgehead atoms. The lowest BCUT2D eigenvalue weighted by Crippen LogP contribution is -2.68. The van der Waals surface area contributed by atoms with E-state index in [0.29, 0.717) is 5.02 Å². The number of halogens is 1. The Bertz CT molecular complexity index is 838. The Morgan fingerprint density at radius 1 is 1.14 bits per heavy atom. The SMILES string of the molecule is CC(=O)OC[C@H]1O[C@]2(C)[C@H](C(C)=O)[C@@H](C=CN2c2ccc(Cl)cc2)[C@@H]1OC(C)=O. The van der Waals surface area contributed by atoms with Gasteiger partial charge in [0.15, 0.2) is 5.72 Å². The van der Waals surface area contributed by atoms with Crippen LogP contribution in [-0.2, 0) is 28.6 Å². The Hall–Kier alpha value is -2.38. The topological polar surface area (TPSA) is 82.1 Å². The Kier molecular flexibility index (Phi) is 6.00. The van der Waals surface area contributed by atoms with Crippen molar-refractivity contribution < 1.29 is 28.6 Å². The van der Waals surface area contributed by atoms with Crippen molar-refractivity contribution >= 4 is 35.0 Å². The van der Waals surface area contributed by atoms with E-state index in [2.05, 4.69) is 0 Å². The molecule has 0 saturated carbocycles. The van der Waals surface area contributed by atoms with Crippen molar-refractivity contribution in [3.63, 3.8) is 0 Å². The van der Waals surface area contributed by atoms with Crippen molar-refractivity contribution in [1.29, 1.82) is 0 Å². The van der Waals surface area contributed by atoms with Crippen molar-refractivity contribution in [2.45, 2.75) is 45.6 Å². The zero-order valence-corrected chi connectivity index (χ0v) is 17.5. The summed E-state index contributed by atoms with van der Waals surface area (Å²) in [5.74, 6) is -2.07. The minimum Gasteiger partial charge on any atom is -0.463 e. The van der Waals surface area contributed by atoms with E-state index in [-0.39, 0.29) is 12.4 Å². The van der Waals surface area contributed by atoms with E-state index in [1.807, 2.05) is 36.2 Å². The van der Waals surface area contributed by atoms with Crippen LogP contribution in [0.2, 0.25) is 5.02 Å². The largest absolute Gasteiger partial charge is 0.463 e. The van der Waals surface area contributed by atoms with E-state index in [0.717, 1.165) is 5.69 Å². The molecule has 3 rings (SSSR count). The van der Waals surface area contributed by atoms with Crippen LogP contribution in [-0.4, -0.2) is 42.3 Å². The highest BCUT2D eigenvalue weighted by Crippen LogP contribution is 2.48. The Morgan fingerprint density at radius 2 is 1.79 bits per heavy atom. The number of carbonyl (C=O) groups excluding carboxylic acids is 3. The average Bonchev–Trinajstić information content (AvgIpc) is 2.62. The monoisotopic (exact) mass is 421 g/mol. The number of hydrogen-bond donors (Lipinski definition) is 0. The highest BCUT2D eigenvalue weighted by Gasteiger charge is 2.59. The number of rotatable bonds is 5. The smallest absolute Gasteiger partial charge is 0.303 e. The summed E-state index contributed by atoms with van der Waals surface area (Å²) in [5, 5.41) is 0.591. The molecule has 1 fully saturated rings. The molecule has 0 N–H and O–H groups in total. The van der Waals surface area contributed by atoms with Crippen molar-refractivity contribution in [2.24, 2.45) is 11.8 Å². The minimum atomic E-state index is -1.07. The second kappa shape index (κ2) is 8.16. The number of nitrogens with zero attached hydrogens (tertiary/aromatic N) is 1. The van der Waals surface area contributed by atoms with Crippen LogP contribution < -0.4 is 4.90 Å².